The van der Waals surface area contributed by atoms with Crippen molar-refractivity contribution < 1.29 is 33.3 Å². The Morgan fingerprint density at radius 2 is 1.71 bits per heavy atom. The average molecular weight is 482 g/mol. The van der Waals surface area contributed by atoms with E-state index in [2.05, 4.69) is 0 Å². The van der Waals surface area contributed by atoms with E-state index in [1.54, 1.807) is 35.2 Å². The third-order valence-corrected chi connectivity index (χ3v) is 6.60. The summed E-state index contributed by atoms with van der Waals surface area (Å²) in [6, 6.07) is 11.7. The van der Waals surface area contributed by atoms with Gasteiger partial charge < -0.3 is 23.8 Å². The molecule has 2 atom stereocenters. The molecule has 0 aromatic heterocycles. The highest BCUT2D eigenvalue weighted by molar-refractivity contribution is 6.23. The molecule has 0 spiro atoms. The predicted octanol–water partition coefficient (Wildman–Crippen LogP) is 1.32. The van der Waals surface area contributed by atoms with E-state index in [1.165, 1.54) is 19.1 Å². The van der Waals surface area contributed by atoms with Crippen LogP contribution >= 0.6 is 0 Å². The van der Waals surface area contributed by atoms with E-state index in [0.29, 0.717) is 54.9 Å². The fraction of sp³-hybridized carbons (Fsp3) is 0.400. The van der Waals surface area contributed by atoms with Gasteiger partial charge in [0.05, 0.1) is 32.4 Å². The molecule has 0 unspecified atom stereocenters. The normalized spacial score (nSPS) is 22.3. The maximum atomic E-state index is 13.3. The van der Waals surface area contributed by atoms with Crippen LogP contribution in [0, 0.1) is 0 Å². The summed E-state index contributed by atoms with van der Waals surface area (Å²) >= 11 is 0. The van der Waals surface area contributed by atoms with E-state index in [9.17, 15) is 14.4 Å². The number of imide groups is 1. The number of amides is 3. The molecule has 3 aliphatic heterocycles. The van der Waals surface area contributed by atoms with Gasteiger partial charge in [-0.05, 0) is 24.3 Å². The Bertz CT molecular complexity index is 1150. The number of hydrogen-bond donors (Lipinski definition) is 0. The van der Waals surface area contributed by atoms with Crippen LogP contribution < -0.4 is 23.8 Å². The van der Waals surface area contributed by atoms with Crippen LogP contribution in [0.4, 0.5) is 5.69 Å². The largest absolute Gasteiger partial charge is 0.497 e. The van der Waals surface area contributed by atoms with Crippen molar-refractivity contribution in [2.45, 2.75) is 18.6 Å². The molecule has 5 rings (SSSR count). The highest BCUT2D eigenvalue weighted by Crippen LogP contribution is 2.36. The Hall–Kier alpha value is -3.79. The van der Waals surface area contributed by atoms with Gasteiger partial charge in [-0.15, -0.1) is 0 Å². The number of para-hydroxylation sites is 2. The summed E-state index contributed by atoms with van der Waals surface area (Å²) in [5, 5.41) is 0. The van der Waals surface area contributed by atoms with Gasteiger partial charge in [0.2, 0.25) is 12.0 Å². The molecule has 0 N–H and O–H groups in total. The number of nitrogens with zero attached hydrogens (tertiary/aromatic N) is 3. The number of carbonyl (C=O) groups is 3. The molecule has 0 bridgehead atoms. The molecule has 3 aliphatic rings. The molecule has 0 saturated carbocycles. The van der Waals surface area contributed by atoms with E-state index < -0.39 is 12.1 Å². The van der Waals surface area contributed by atoms with Crippen LogP contribution in [0.2, 0.25) is 0 Å². The number of rotatable bonds is 5. The van der Waals surface area contributed by atoms with E-state index >= 15 is 0 Å². The van der Waals surface area contributed by atoms with Gasteiger partial charge in [-0.25, -0.2) is 4.90 Å². The van der Waals surface area contributed by atoms with Crippen molar-refractivity contribution in [2.24, 2.45) is 0 Å². The van der Waals surface area contributed by atoms with Crippen molar-refractivity contribution in [2.75, 3.05) is 51.9 Å². The number of ether oxygens (including phenoxy) is 4. The molecule has 0 aliphatic carbocycles. The number of benzene rings is 2. The Balaban J connectivity index is 1.23. The molecule has 2 aromatic carbocycles. The molecule has 10 nitrogen and oxygen atoms in total. The second kappa shape index (κ2) is 9.46. The minimum absolute atomic E-state index is 0.0729. The number of fused-ring (bicyclic) bond motifs is 1. The standard InChI is InChI=1S/C25H27N3O7/c1-32-16-7-8-19(33-2)17(13-16)28-23(29)14-18(24(28)30)26-9-11-27(12-10-26)25(31)22-15-34-20-5-3-4-6-21(20)35-22/h3-8,13,18,22H,9-12,14-15H2,1-2H3/t18-,22-/m1/s1. The Labute approximate surface area is 202 Å². The van der Waals surface area contributed by atoms with Crippen molar-refractivity contribution in [3.05, 3.63) is 42.5 Å². The molecule has 2 saturated heterocycles. The van der Waals surface area contributed by atoms with E-state index in [0.717, 1.165) is 0 Å². The summed E-state index contributed by atoms with van der Waals surface area (Å²) < 4.78 is 22.2. The molecule has 184 valence electrons. The second-order valence-corrected chi connectivity index (χ2v) is 8.55. The quantitative estimate of drug-likeness (QED) is 0.590. The number of carbonyl (C=O) groups excluding carboxylic acids is 3. The van der Waals surface area contributed by atoms with Crippen LogP contribution in [-0.2, 0) is 14.4 Å². The van der Waals surface area contributed by atoms with Gasteiger partial charge in [0.15, 0.2) is 11.5 Å². The van der Waals surface area contributed by atoms with Crippen molar-refractivity contribution in [1.29, 1.82) is 0 Å². The van der Waals surface area contributed by atoms with Gasteiger partial charge in [0.1, 0.15) is 18.1 Å². The zero-order valence-corrected chi connectivity index (χ0v) is 19.6. The lowest BCUT2D eigenvalue weighted by Crippen LogP contribution is -2.57. The minimum Gasteiger partial charge on any atom is -0.497 e. The summed E-state index contributed by atoms with van der Waals surface area (Å²) in [7, 11) is 3.01. The Kier molecular flexibility index (Phi) is 6.21. The summed E-state index contributed by atoms with van der Waals surface area (Å²) in [6.45, 7) is 1.97. The van der Waals surface area contributed by atoms with Crippen molar-refractivity contribution in [3.8, 4) is 23.0 Å². The molecule has 3 heterocycles. The first kappa shape index (κ1) is 23.0. The fourth-order valence-corrected chi connectivity index (χ4v) is 4.72. The lowest BCUT2D eigenvalue weighted by atomic mass is 10.1. The summed E-state index contributed by atoms with van der Waals surface area (Å²) in [5.74, 6) is 1.38. The summed E-state index contributed by atoms with van der Waals surface area (Å²) in [6.07, 6.45) is -0.633. The molecule has 0 radical (unpaired) electrons. The van der Waals surface area contributed by atoms with Crippen molar-refractivity contribution >= 4 is 23.4 Å². The number of anilines is 1. The van der Waals surface area contributed by atoms with Crippen LogP contribution in [0.5, 0.6) is 23.0 Å². The zero-order chi connectivity index (χ0) is 24.5. The van der Waals surface area contributed by atoms with E-state index in [-0.39, 0.29) is 30.7 Å². The van der Waals surface area contributed by atoms with Gasteiger partial charge in [-0.2, -0.15) is 0 Å². The van der Waals surface area contributed by atoms with Crippen LogP contribution in [0.1, 0.15) is 6.42 Å². The predicted molar refractivity (Wildman–Crippen MR) is 125 cm³/mol. The summed E-state index contributed by atoms with van der Waals surface area (Å²) in [5.41, 5.74) is 0.368. The maximum Gasteiger partial charge on any atom is 0.267 e. The first-order valence-electron chi connectivity index (χ1n) is 11.5. The van der Waals surface area contributed by atoms with Crippen LogP contribution in [-0.4, -0.2) is 86.7 Å². The van der Waals surface area contributed by atoms with Gasteiger partial charge >= 0.3 is 0 Å². The monoisotopic (exact) mass is 481 g/mol. The van der Waals surface area contributed by atoms with Gasteiger partial charge in [-0.1, -0.05) is 12.1 Å². The zero-order valence-electron chi connectivity index (χ0n) is 19.6. The highest BCUT2D eigenvalue weighted by Gasteiger charge is 2.45. The first-order valence-corrected chi connectivity index (χ1v) is 11.5. The van der Waals surface area contributed by atoms with Crippen LogP contribution in [0.25, 0.3) is 0 Å². The lowest BCUT2D eigenvalue weighted by Gasteiger charge is -2.38. The third-order valence-electron chi connectivity index (χ3n) is 6.60. The number of hydrogen-bond acceptors (Lipinski definition) is 8. The molecular weight excluding hydrogens is 454 g/mol. The second-order valence-electron chi connectivity index (χ2n) is 8.55. The van der Waals surface area contributed by atoms with Gasteiger partial charge in [0, 0.05) is 32.2 Å². The fourth-order valence-electron chi connectivity index (χ4n) is 4.72. The molecular formula is C25H27N3O7. The lowest BCUT2D eigenvalue weighted by molar-refractivity contribution is -0.143. The Morgan fingerprint density at radius 1 is 0.971 bits per heavy atom. The molecule has 10 heteroatoms. The Morgan fingerprint density at radius 3 is 2.43 bits per heavy atom. The topological polar surface area (TPSA) is 97.9 Å². The molecule has 3 amide bonds. The number of methoxy groups -OCH3 is 2. The van der Waals surface area contributed by atoms with Crippen molar-refractivity contribution in [1.82, 2.24) is 9.80 Å². The van der Waals surface area contributed by atoms with Gasteiger partial charge in [-0.3, -0.25) is 19.3 Å². The molecule has 2 fully saturated rings. The smallest absolute Gasteiger partial charge is 0.267 e. The highest BCUT2D eigenvalue weighted by atomic mass is 16.6. The van der Waals surface area contributed by atoms with Gasteiger partial charge in [0.25, 0.3) is 11.8 Å². The van der Waals surface area contributed by atoms with Crippen LogP contribution in [0.3, 0.4) is 0 Å². The molecule has 35 heavy (non-hydrogen) atoms. The SMILES string of the molecule is COc1ccc(OC)c(N2C(=O)C[C@@H](N3CCN(C(=O)[C@H]4COc5ccccc5O4)CC3)C2=O)c1. The third kappa shape index (κ3) is 4.25. The first-order chi connectivity index (χ1) is 17.0. The minimum atomic E-state index is -0.706. The van der Waals surface area contributed by atoms with Crippen molar-refractivity contribution in [3.63, 3.8) is 0 Å². The average Bonchev–Trinajstić information content (AvgIpc) is 3.20. The van der Waals surface area contributed by atoms with E-state index in [1.807, 2.05) is 17.0 Å². The molecule has 2 aromatic rings. The van der Waals surface area contributed by atoms with Crippen LogP contribution in [0.15, 0.2) is 42.5 Å². The van der Waals surface area contributed by atoms with E-state index in [4.69, 9.17) is 18.9 Å². The maximum absolute atomic E-state index is 13.3. The number of piperazine rings is 1. The summed E-state index contributed by atoms with van der Waals surface area (Å²) in [4.78, 5) is 44.1.